The number of ether oxygens (including phenoxy) is 1. The van der Waals surface area contributed by atoms with E-state index in [1.165, 1.54) is 0 Å². The first kappa shape index (κ1) is 23.4. The van der Waals surface area contributed by atoms with Gasteiger partial charge in [0.05, 0.1) is 32.8 Å². The van der Waals surface area contributed by atoms with Crippen molar-refractivity contribution in [3.05, 3.63) is 0 Å². The molecule has 2 heterocycles. The number of nitrogens with two attached hydrogens (primary N) is 1. The first-order valence-electron chi connectivity index (χ1n) is 10.1. The molecule has 2 aliphatic heterocycles. The summed E-state index contributed by atoms with van der Waals surface area (Å²) < 4.78 is 5.49. The summed E-state index contributed by atoms with van der Waals surface area (Å²) in [7, 11) is 0. The molecular weight excluding hydrogens is 378 g/mol. The summed E-state index contributed by atoms with van der Waals surface area (Å²) in [5.74, 6) is -0.893. The van der Waals surface area contributed by atoms with Crippen molar-refractivity contribution in [1.82, 2.24) is 20.0 Å². The molecule has 0 aliphatic carbocycles. The Labute approximate surface area is 171 Å². The molecule has 3 unspecified atom stereocenters. The molecule has 164 valence electrons. The van der Waals surface area contributed by atoms with Crippen LogP contribution in [0.5, 0.6) is 0 Å². The van der Waals surface area contributed by atoms with Gasteiger partial charge in [-0.2, -0.15) is 0 Å². The number of nitrogens with zero attached hydrogens (tertiary/aromatic N) is 3. The Morgan fingerprint density at radius 1 is 0.897 bits per heavy atom. The predicted molar refractivity (Wildman–Crippen MR) is 105 cm³/mol. The van der Waals surface area contributed by atoms with E-state index in [1.54, 1.807) is 9.80 Å². The minimum atomic E-state index is -0.343. The number of rotatable bonds is 9. The molecule has 3 atom stereocenters. The summed E-state index contributed by atoms with van der Waals surface area (Å²) in [6.45, 7) is 8.49. The first-order valence-corrected chi connectivity index (χ1v) is 10.1. The van der Waals surface area contributed by atoms with E-state index in [4.69, 9.17) is 10.5 Å². The van der Waals surface area contributed by atoms with Crippen molar-refractivity contribution in [1.29, 1.82) is 0 Å². The molecule has 0 aromatic rings. The molecule has 2 rings (SSSR count). The van der Waals surface area contributed by atoms with Crippen molar-refractivity contribution in [3.8, 4) is 0 Å². The average Bonchev–Trinajstić information content (AvgIpc) is 2.61. The molecule has 0 aromatic heterocycles. The van der Waals surface area contributed by atoms with E-state index in [2.05, 4.69) is 19.2 Å². The van der Waals surface area contributed by atoms with Crippen molar-refractivity contribution in [3.63, 3.8) is 0 Å². The van der Waals surface area contributed by atoms with Gasteiger partial charge in [0, 0.05) is 18.1 Å². The number of nitrogens with one attached hydrogen (secondary N) is 1. The van der Waals surface area contributed by atoms with Crippen LogP contribution in [0.25, 0.3) is 0 Å². The Morgan fingerprint density at radius 2 is 1.38 bits per heavy atom. The van der Waals surface area contributed by atoms with Gasteiger partial charge in [-0.1, -0.05) is 13.8 Å². The summed E-state index contributed by atoms with van der Waals surface area (Å²) >= 11 is 0. The van der Waals surface area contributed by atoms with Gasteiger partial charge in [0.2, 0.25) is 23.6 Å². The van der Waals surface area contributed by atoms with E-state index in [0.717, 1.165) is 11.3 Å². The monoisotopic (exact) mass is 411 g/mol. The molecule has 10 nitrogen and oxygen atoms in total. The standard InChI is InChI=1S/C19H33N5O5/c1-12(2)5-15(20)10-29-11-24-18(27)8-23(9-19(24)28)14(4)13(3)22-6-16(25)21-17(26)7-22/h12-15H,5-11,20H2,1-4H3,(H,21,25,26). The molecule has 10 heteroatoms. The van der Waals surface area contributed by atoms with Crippen LogP contribution in [0.4, 0.5) is 0 Å². The van der Waals surface area contributed by atoms with Crippen LogP contribution < -0.4 is 11.1 Å². The minimum absolute atomic E-state index is 0.0760. The van der Waals surface area contributed by atoms with Crippen LogP contribution in [-0.2, 0) is 23.9 Å². The van der Waals surface area contributed by atoms with Gasteiger partial charge in [0.1, 0.15) is 6.73 Å². The molecule has 0 spiro atoms. The van der Waals surface area contributed by atoms with Crippen molar-refractivity contribution < 1.29 is 23.9 Å². The van der Waals surface area contributed by atoms with Crippen molar-refractivity contribution >= 4 is 23.6 Å². The van der Waals surface area contributed by atoms with Gasteiger partial charge < -0.3 is 10.5 Å². The maximum atomic E-state index is 12.5. The van der Waals surface area contributed by atoms with E-state index in [1.807, 2.05) is 13.8 Å². The third-order valence-electron chi connectivity index (χ3n) is 5.43. The maximum absolute atomic E-state index is 12.5. The van der Waals surface area contributed by atoms with Crippen molar-refractivity contribution in [2.45, 2.75) is 52.2 Å². The lowest BCUT2D eigenvalue weighted by molar-refractivity contribution is -0.160. The summed E-state index contributed by atoms with van der Waals surface area (Å²) in [6.07, 6.45) is 0.808. The van der Waals surface area contributed by atoms with Crippen LogP contribution in [0.3, 0.4) is 0 Å². The van der Waals surface area contributed by atoms with Gasteiger partial charge in [-0.25, -0.2) is 0 Å². The number of amides is 4. The number of hydrogen-bond donors (Lipinski definition) is 2. The largest absolute Gasteiger partial charge is 0.359 e. The molecule has 4 amide bonds. The zero-order chi connectivity index (χ0) is 21.7. The Morgan fingerprint density at radius 3 is 1.86 bits per heavy atom. The molecule has 29 heavy (non-hydrogen) atoms. The van der Waals surface area contributed by atoms with Crippen molar-refractivity contribution in [2.75, 3.05) is 39.5 Å². The number of carbonyl (C=O) groups excluding carboxylic acids is 4. The minimum Gasteiger partial charge on any atom is -0.359 e. The quantitative estimate of drug-likeness (QED) is 0.451. The Balaban J connectivity index is 1.86. The highest BCUT2D eigenvalue weighted by molar-refractivity contribution is 6.00. The smallest absolute Gasteiger partial charge is 0.245 e. The van der Waals surface area contributed by atoms with E-state index in [9.17, 15) is 19.2 Å². The fraction of sp³-hybridized carbons (Fsp3) is 0.789. The van der Waals surface area contributed by atoms with Crippen LogP contribution in [-0.4, -0.2) is 96.0 Å². The second kappa shape index (κ2) is 10.2. The zero-order valence-electron chi connectivity index (χ0n) is 17.7. The molecular formula is C19H33N5O5. The summed E-state index contributed by atoms with van der Waals surface area (Å²) in [6, 6.07) is -0.501. The van der Waals surface area contributed by atoms with E-state index >= 15 is 0 Å². The zero-order valence-corrected chi connectivity index (χ0v) is 17.7. The van der Waals surface area contributed by atoms with Crippen LogP contribution in [0.1, 0.15) is 34.1 Å². The molecule has 0 radical (unpaired) electrons. The molecule has 2 aliphatic rings. The Hall–Kier alpha value is -1.88. The molecule has 0 aromatic carbocycles. The van der Waals surface area contributed by atoms with E-state index < -0.39 is 0 Å². The Bertz CT molecular complexity index is 606. The van der Waals surface area contributed by atoms with E-state index in [0.29, 0.717) is 5.92 Å². The SMILES string of the molecule is CC(C)CC(N)COCN1C(=O)CN(C(C)C(C)N2CC(=O)NC(=O)C2)CC1=O. The lowest BCUT2D eigenvalue weighted by atomic mass is 10.1. The lowest BCUT2D eigenvalue weighted by Crippen LogP contribution is -2.62. The van der Waals surface area contributed by atoms with Crippen LogP contribution in [0.15, 0.2) is 0 Å². The van der Waals surface area contributed by atoms with E-state index in [-0.39, 0.29) is 81.3 Å². The average molecular weight is 412 g/mol. The first-order chi connectivity index (χ1) is 13.6. The van der Waals surface area contributed by atoms with Gasteiger partial charge in [0.15, 0.2) is 0 Å². The second-order valence-corrected chi connectivity index (χ2v) is 8.37. The number of imide groups is 2. The molecule has 0 saturated carbocycles. The highest BCUT2D eigenvalue weighted by Gasteiger charge is 2.37. The fourth-order valence-corrected chi connectivity index (χ4v) is 3.67. The van der Waals surface area contributed by atoms with Crippen LogP contribution in [0, 0.1) is 5.92 Å². The topological polar surface area (TPSA) is 125 Å². The second-order valence-electron chi connectivity index (χ2n) is 8.37. The number of piperazine rings is 2. The van der Waals surface area contributed by atoms with Gasteiger partial charge in [-0.15, -0.1) is 0 Å². The predicted octanol–water partition coefficient (Wildman–Crippen LogP) is -1.26. The number of hydrogen-bond acceptors (Lipinski definition) is 8. The fourth-order valence-electron chi connectivity index (χ4n) is 3.67. The summed E-state index contributed by atoms with van der Waals surface area (Å²) in [5.41, 5.74) is 5.97. The van der Waals surface area contributed by atoms with Gasteiger partial charge >= 0.3 is 0 Å². The molecule has 2 saturated heterocycles. The third-order valence-corrected chi connectivity index (χ3v) is 5.43. The highest BCUT2D eigenvalue weighted by Crippen LogP contribution is 2.16. The van der Waals surface area contributed by atoms with Gasteiger partial charge in [-0.05, 0) is 26.2 Å². The molecule has 2 fully saturated rings. The van der Waals surface area contributed by atoms with Crippen LogP contribution in [0.2, 0.25) is 0 Å². The van der Waals surface area contributed by atoms with Crippen molar-refractivity contribution in [2.24, 2.45) is 11.7 Å². The highest BCUT2D eigenvalue weighted by atomic mass is 16.5. The normalized spacial score (nSPS) is 22.8. The van der Waals surface area contributed by atoms with Gasteiger partial charge in [0.25, 0.3) is 0 Å². The number of carbonyl (C=O) groups is 4. The molecule has 3 N–H and O–H groups in total. The molecule has 0 bridgehead atoms. The summed E-state index contributed by atoms with van der Waals surface area (Å²) in [5, 5.41) is 2.27. The van der Waals surface area contributed by atoms with Gasteiger partial charge in [-0.3, -0.25) is 39.2 Å². The lowest BCUT2D eigenvalue weighted by Gasteiger charge is -2.42. The van der Waals surface area contributed by atoms with Crippen LogP contribution >= 0.6 is 0 Å². The maximum Gasteiger partial charge on any atom is 0.245 e. The third kappa shape index (κ3) is 6.56. The Kier molecular flexibility index (Phi) is 8.26. The summed E-state index contributed by atoms with van der Waals surface area (Å²) in [4.78, 5) is 52.9.